The lowest BCUT2D eigenvalue weighted by Gasteiger charge is -2.20. The molecule has 2 aliphatic carbocycles. The Morgan fingerprint density at radius 3 is 2.11 bits per heavy atom. The first-order valence-electron chi connectivity index (χ1n) is 6.58. The molecule has 104 valence electrons. The normalized spacial score (nSPS) is 19.8. The molecule has 0 unspecified atom stereocenters. The standard InChI is InChI=1S/C14H15BrF3N/c15-11-5-10(14(16,17)18)6-12(7-11)19-13(8-1-2-8)9-3-4-9/h5-9,13,19H,1-4H2. The summed E-state index contributed by atoms with van der Waals surface area (Å²) in [6, 6.07) is 4.42. The quantitative estimate of drug-likeness (QED) is 0.811. The van der Waals surface area contributed by atoms with Gasteiger partial charge >= 0.3 is 6.18 Å². The molecule has 5 heteroatoms. The molecule has 2 fully saturated rings. The highest BCUT2D eigenvalue weighted by molar-refractivity contribution is 9.10. The van der Waals surface area contributed by atoms with Crippen molar-refractivity contribution in [2.75, 3.05) is 5.32 Å². The number of nitrogens with one attached hydrogen (secondary N) is 1. The van der Waals surface area contributed by atoms with Gasteiger partial charge in [0.2, 0.25) is 0 Å². The number of anilines is 1. The molecule has 3 rings (SSSR count). The van der Waals surface area contributed by atoms with Crippen molar-refractivity contribution >= 4 is 21.6 Å². The van der Waals surface area contributed by atoms with Crippen LogP contribution >= 0.6 is 15.9 Å². The van der Waals surface area contributed by atoms with Crippen LogP contribution in [0.25, 0.3) is 0 Å². The van der Waals surface area contributed by atoms with Crippen molar-refractivity contribution in [1.82, 2.24) is 0 Å². The molecule has 0 saturated heterocycles. The summed E-state index contributed by atoms with van der Waals surface area (Å²) in [5.41, 5.74) is -0.0276. The molecule has 1 nitrogen and oxygen atoms in total. The zero-order valence-corrected chi connectivity index (χ0v) is 11.9. The molecular formula is C14H15BrF3N. The zero-order chi connectivity index (χ0) is 13.6. The predicted molar refractivity (Wildman–Crippen MR) is 72.0 cm³/mol. The molecule has 0 spiro atoms. The Morgan fingerprint density at radius 1 is 1.05 bits per heavy atom. The Labute approximate surface area is 118 Å². The Kier molecular flexibility index (Phi) is 3.28. The highest BCUT2D eigenvalue weighted by Gasteiger charge is 2.41. The molecule has 2 aliphatic rings. The van der Waals surface area contributed by atoms with Crippen LogP contribution in [0.3, 0.4) is 0 Å². The van der Waals surface area contributed by atoms with Gasteiger partial charge in [-0.1, -0.05) is 15.9 Å². The van der Waals surface area contributed by atoms with Crippen molar-refractivity contribution in [2.24, 2.45) is 11.8 Å². The van der Waals surface area contributed by atoms with Gasteiger partial charge in [-0.05, 0) is 55.7 Å². The van der Waals surface area contributed by atoms with Gasteiger partial charge in [0.1, 0.15) is 0 Å². The maximum Gasteiger partial charge on any atom is 0.416 e. The van der Waals surface area contributed by atoms with Gasteiger partial charge in [-0.25, -0.2) is 0 Å². The van der Waals surface area contributed by atoms with E-state index in [4.69, 9.17) is 0 Å². The van der Waals surface area contributed by atoms with E-state index >= 15 is 0 Å². The van der Waals surface area contributed by atoms with Crippen molar-refractivity contribution < 1.29 is 13.2 Å². The van der Waals surface area contributed by atoms with Crippen molar-refractivity contribution in [3.8, 4) is 0 Å². The minimum absolute atomic E-state index is 0.357. The van der Waals surface area contributed by atoms with Crippen LogP contribution in [0.2, 0.25) is 0 Å². The Bertz CT molecular complexity index is 466. The van der Waals surface area contributed by atoms with Gasteiger partial charge in [0.25, 0.3) is 0 Å². The van der Waals surface area contributed by atoms with E-state index in [0.29, 0.717) is 28.0 Å². The average Bonchev–Trinajstić information content (AvgIpc) is 3.16. The molecule has 0 heterocycles. The second kappa shape index (κ2) is 4.69. The van der Waals surface area contributed by atoms with E-state index in [1.54, 1.807) is 6.07 Å². The number of alkyl halides is 3. The van der Waals surface area contributed by atoms with E-state index in [2.05, 4.69) is 21.2 Å². The molecule has 2 saturated carbocycles. The molecule has 0 amide bonds. The summed E-state index contributed by atoms with van der Waals surface area (Å²) in [4.78, 5) is 0. The summed E-state index contributed by atoms with van der Waals surface area (Å²) in [6.07, 6.45) is 0.514. The van der Waals surface area contributed by atoms with Crippen LogP contribution in [0, 0.1) is 11.8 Å². The molecule has 0 bridgehead atoms. The highest BCUT2D eigenvalue weighted by atomic mass is 79.9. The number of hydrogen-bond donors (Lipinski definition) is 1. The minimum atomic E-state index is -4.30. The number of benzene rings is 1. The smallest absolute Gasteiger partial charge is 0.382 e. The monoisotopic (exact) mass is 333 g/mol. The summed E-state index contributed by atoms with van der Waals surface area (Å²) < 4.78 is 38.8. The fourth-order valence-corrected chi connectivity index (χ4v) is 3.05. The topological polar surface area (TPSA) is 12.0 Å². The largest absolute Gasteiger partial charge is 0.416 e. The second-order valence-corrected chi connectivity index (χ2v) is 6.49. The number of halogens is 4. The van der Waals surface area contributed by atoms with Crippen molar-refractivity contribution in [3.63, 3.8) is 0 Å². The molecule has 0 aromatic heterocycles. The third-order valence-electron chi connectivity index (χ3n) is 3.82. The molecule has 0 aliphatic heterocycles. The van der Waals surface area contributed by atoms with Crippen LogP contribution < -0.4 is 5.32 Å². The molecule has 0 atom stereocenters. The summed E-state index contributed by atoms with van der Waals surface area (Å²) in [7, 11) is 0. The summed E-state index contributed by atoms with van der Waals surface area (Å²) >= 11 is 3.16. The molecule has 19 heavy (non-hydrogen) atoms. The Morgan fingerprint density at radius 2 is 1.63 bits per heavy atom. The van der Waals surface area contributed by atoms with E-state index in [-0.39, 0.29) is 0 Å². The van der Waals surface area contributed by atoms with E-state index in [0.717, 1.165) is 6.07 Å². The maximum absolute atomic E-state index is 12.8. The summed E-state index contributed by atoms with van der Waals surface area (Å²) in [5, 5.41) is 3.33. The lowest BCUT2D eigenvalue weighted by atomic mass is 10.1. The third-order valence-corrected chi connectivity index (χ3v) is 4.28. The van der Waals surface area contributed by atoms with Crippen molar-refractivity contribution in [1.29, 1.82) is 0 Å². The van der Waals surface area contributed by atoms with Gasteiger partial charge in [0, 0.05) is 16.2 Å². The lowest BCUT2D eigenvalue weighted by Crippen LogP contribution is -2.24. The maximum atomic E-state index is 12.8. The third kappa shape index (κ3) is 3.25. The predicted octanol–water partition coefficient (Wildman–Crippen LogP) is 5.07. The van der Waals surface area contributed by atoms with Gasteiger partial charge in [0.15, 0.2) is 0 Å². The zero-order valence-electron chi connectivity index (χ0n) is 10.3. The number of rotatable bonds is 4. The highest BCUT2D eigenvalue weighted by Crippen LogP contribution is 2.46. The molecular weight excluding hydrogens is 319 g/mol. The summed E-state index contributed by atoms with van der Waals surface area (Å²) in [5.74, 6) is 1.31. The van der Waals surface area contributed by atoms with E-state index in [9.17, 15) is 13.2 Å². The second-order valence-electron chi connectivity index (χ2n) is 5.57. The van der Waals surface area contributed by atoms with E-state index in [1.807, 2.05) is 0 Å². The van der Waals surface area contributed by atoms with Crippen LogP contribution in [-0.2, 0) is 6.18 Å². The van der Waals surface area contributed by atoms with Crippen LogP contribution in [-0.4, -0.2) is 6.04 Å². The van der Waals surface area contributed by atoms with E-state index in [1.165, 1.54) is 31.7 Å². The first-order valence-corrected chi connectivity index (χ1v) is 7.37. The summed E-state index contributed by atoms with van der Waals surface area (Å²) in [6.45, 7) is 0. The van der Waals surface area contributed by atoms with Gasteiger partial charge in [0.05, 0.1) is 5.56 Å². The Hall–Kier alpha value is -0.710. The first kappa shape index (κ1) is 13.3. The van der Waals surface area contributed by atoms with Crippen LogP contribution in [0.15, 0.2) is 22.7 Å². The first-order chi connectivity index (χ1) is 8.93. The molecule has 0 radical (unpaired) electrons. The Balaban J connectivity index is 1.81. The van der Waals surface area contributed by atoms with Gasteiger partial charge in [-0.3, -0.25) is 0 Å². The van der Waals surface area contributed by atoms with Crippen molar-refractivity contribution in [3.05, 3.63) is 28.2 Å². The molecule has 1 N–H and O–H groups in total. The molecule has 1 aromatic carbocycles. The fourth-order valence-electron chi connectivity index (χ4n) is 2.56. The fraction of sp³-hybridized carbons (Fsp3) is 0.571. The van der Waals surface area contributed by atoms with Crippen molar-refractivity contribution in [2.45, 2.75) is 37.9 Å². The van der Waals surface area contributed by atoms with Crippen LogP contribution in [0.5, 0.6) is 0 Å². The lowest BCUT2D eigenvalue weighted by molar-refractivity contribution is -0.137. The minimum Gasteiger partial charge on any atom is -0.382 e. The van der Waals surface area contributed by atoms with Gasteiger partial charge < -0.3 is 5.32 Å². The SMILES string of the molecule is FC(F)(F)c1cc(Br)cc(NC(C2CC2)C2CC2)c1. The van der Waals surface area contributed by atoms with Crippen LogP contribution in [0.4, 0.5) is 18.9 Å². The van der Waals surface area contributed by atoms with Crippen LogP contribution in [0.1, 0.15) is 31.2 Å². The van der Waals surface area contributed by atoms with Gasteiger partial charge in [-0.15, -0.1) is 0 Å². The number of hydrogen-bond acceptors (Lipinski definition) is 1. The van der Waals surface area contributed by atoms with Gasteiger partial charge in [-0.2, -0.15) is 13.2 Å². The molecule has 1 aromatic rings. The average molecular weight is 334 g/mol. The van der Waals surface area contributed by atoms with E-state index < -0.39 is 11.7 Å².